The second-order valence-electron chi connectivity index (χ2n) is 1.95. The van der Waals surface area contributed by atoms with Crippen LogP contribution < -0.4 is 5.32 Å². The van der Waals surface area contributed by atoms with Gasteiger partial charge in [-0.2, -0.15) is 5.26 Å². The van der Waals surface area contributed by atoms with Gasteiger partial charge in [-0.05, 0) is 0 Å². The number of carbonyl (C=O) groups is 1. The molecule has 10 heavy (non-hydrogen) atoms. The van der Waals surface area contributed by atoms with Crippen molar-refractivity contribution >= 4 is 5.91 Å². The molecule has 0 aliphatic heterocycles. The number of carbonyl (C=O) groups excluding carboxylic acids is 1. The molecule has 0 aromatic heterocycles. The summed E-state index contributed by atoms with van der Waals surface area (Å²) in [6, 6.07) is 1.79. The van der Waals surface area contributed by atoms with Crippen LogP contribution in [0.3, 0.4) is 0 Å². The van der Waals surface area contributed by atoms with Crippen LogP contribution in [0.1, 0.15) is 13.3 Å². The number of hydrogen-bond acceptors (Lipinski definition) is 3. The molecule has 4 heteroatoms. The van der Waals surface area contributed by atoms with Crippen molar-refractivity contribution in [1.82, 2.24) is 5.32 Å². The predicted molar refractivity (Wildman–Crippen MR) is 34.9 cm³/mol. The highest BCUT2D eigenvalue weighted by Gasteiger charge is 2.01. The SMILES string of the molecule is CC(=O)NCC(O)CC#N. The van der Waals surface area contributed by atoms with Gasteiger partial charge in [-0.1, -0.05) is 0 Å². The molecule has 0 aromatic rings. The molecule has 1 atom stereocenters. The first-order valence-electron chi connectivity index (χ1n) is 2.96. The predicted octanol–water partition coefficient (Wildman–Crippen LogP) is -0.603. The number of rotatable bonds is 3. The van der Waals surface area contributed by atoms with Crippen molar-refractivity contribution in [2.45, 2.75) is 19.4 Å². The molecule has 0 rings (SSSR count). The van der Waals surface area contributed by atoms with E-state index in [2.05, 4.69) is 5.32 Å². The van der Waals surface area contributed by atoms with Gasteiger partial charge in [-0.15, -0.1) is 0 Å². The second-order valence-corrected chi connectivity index (χ2v) is 1.95. The molecular weight excluding hydrogens is 132 g/mol. The van der Waals surface area contributed by atoms with Crippen LogP contribution in [0, 0.1) is 11.3 Å². The van der Waals surface area contributed by atoms with Crippen molar-refractivity contribution in [3.63, 3.8) is 0 Å². The summed E-state index contributed by atoms with van der Waals surface area (Å²) < 4.78 is 0. The molecule has 0 spiro atoms. The molecule has 56 valence electrons. The molecule has 1 amide bonds. The molecule has 4 nitrogen and oxygen atoms in total. The van der Waals surface area contributed by atoms with Crippen molar-refractivity contribution in [3.05, 3.63) is 0 Å². The van der Waals surface area contributed by atoms with Crippen LogP contribution in [0.2, 0.25) is 0 Å². The molecule has 0 bridgehead atoms. The van der Waals surface area contributed by atoms with E-state index in [0.717, 1.165) is 0 Å². The number of nitrogens with zero attached hydrogens (tertiary/aromatic N) is 1. The number of nitriles is 1. The van der Waals surface area contributed by atoms with Crippen molar-refractivity contribution in [1.29, 1.82) is 5.26 Å². The summed E-state index contributed by atoms with van der Waals surface area (Å²) in [7, 11) is 0. The Kier molecular flexibility index (Phi) is 4.25. The Labute approximate surface area is 59.5 Å². The van der Waals surface area contributed by atoms with Gasteiger partial charge >= 0.3 is 0 Å². The summed E-state index contributed by atoms with van der Waals surface area (Å²) in [5.41, 5.74) is 0. The van der Waals surface area contributed by atoms with Crippen LogP contribution in [-0.4, -0.2) is 23.7 Å². The first kappa shape index (κ1) is 8.92. The van der Waals surface area contributed by atoms with Gasteiger partial charge in [0.05, 0.1) is 18.6 Å². The average Bonchev–Trinajstić information content (AvgIpc) is 1.85. The fourth-order valence-electron chi connectivity index (χ4n) is 0.439. The van der Waals surface area contributed by atoms with Gasteiger partial charge in [0.2, 0.25) is 5.91 Å². The van der Waals surface area contributed by atoms with Crippen LogP contribution in [0.15, 0.2) is 0 Å². The first-order chi connectivity index (χ1) is 4.66. The molecule has 0 fully saturated rings. The first-order valence-corrected chi connectivity index (χ1v) is 2.96. The Balaban J connectivity index is 3.32. The topological polar surface area (TPSA) is 73.1 Å². The summed E-state index contributed by atoms with van der Waals surface area (Å²) in [5.74, 6) is -0.197. The quantitative estimate of drug-likeness (QED) is 0.552. The summed E-state index contributed by atoms with van der Waals surface area (Å²) in [6.07, 6.45) is -0.686. The van der Waals surface area contributed by atoms with Gasteiger partial charge in [0.25, 0.3) is 0 Å². The maximum absolute atomic E-state index is 10.2. The lowest BCUT2D eigenvalue weighted by molar-refractivity contribution is -0.119. The largest absolute Gasteiger partial charge is 0.390 e. The molecule has 0 heterocycles. The van der Waals surface area contributed by atoms with Crippen LogP contribution in [0.5, 0.6) is 0 Å². The highest BCUT2D eigenvalue weighted by molar-refractivity contribution is 5.72. The second kappa shape index (κ2) is 4.77. The molecule has 0 saturated heterocycles. The lowest BCUT2D eigenvalue weighted by Gasteiger charge is -2.05. The van der Waals surface area contributed by atoms with E-state index in [1.54, 1.807) is 6.07 Å². The summed E-state index contributed by atoms with van der Waals surface area (Å²) >= 11 is 0. The summed E-state index contributed by atoms with van der Waals surface area (Å²) in [4.78, 5) is 10.2. The van der Waals surface area contributed by atoms with E-state index in [9.17, 15) is 4.79 Å². The van der Waals surface area contributed by atoms with E-state index in [0.29, 0.717) is 0 Å². The number of amides is 1. The van der Waals surface area contributed by atoms with Gasteiger partial charge in [0.1, 0.15) is 0 Å². The lowest BCUT2D eigenvalue weighted by atomic mass is 10.3. The number of hydrogen-bond donors (Lipinski definition) is 2. The number of nitrogens with one attached hydrogen (secondary N) is 1. The van der Waals surface area contributed by atoms with Gasteiger partial charge in [-0.25, -0.2) is 0 Å². The number of aliphatic hydroxyl groups is 1. The molecule has 0 aromatic carbocycles. The Morgan fingerprint density at radius 2 is 2.50 bits per heavy atom. The molecule has 1 unspecified atom stereocenters. The normalized spacial score (nSPS) is 11.7. The van der Waals surface area contributed by atoms with Gasteiger partial charge < -0.3 is 10.4 Å². The minimum absolute atomic E-state index is 0.0558. The standard InChI is InChI=1S/C6H10N2O2/c1-5(9)8-4-6(10)2-3-7/h6,10H,2,4H2,1H3,(H,8,9). The number of aliphatic hydroxyl groups excluding tert-OH is 1. The fourth-order valence-corrected chi connectivity index (χ4v) is 0.439. The smallest absolute Gasteiger partial charge is 0.216 e. The highest BCUT2D eigenvalue weighted by Crippen LogP contribution is 1.85. The van der Waals surface area contributed by atoms with Crippen LogP contribution in [0.4, 0.5) is 0 Å². The average molecular weight is 142 g/mol. The third kappa shape index (κ3) is 5.06. The van der Waals surface area contributed by atoms with Crippen molar-refractivity contribution in [2.75, 3.05) is 6.54 Å². The Bertz CT molecular complexity index is 150. The van der Waals surface area contributed by atoms with E-state index in [4.69, 9.17) is 10.4 Å². The zero-order valence-corrected chi connectivity index (χ0v) is 5.79. The third-order valence-electron chi connectivity index (χ3n) is 0.914. The van der Waals surface area contributed by atoms with E-state index in [1.807, 2.05) is 0 Å². The van der Waals surface area contributed by atoms with E-state index in [1.165, 1.54) is 6.92 Å². The molecule has 0 saturated carbocycles. The lowest BCUT2D eigenvalue weighted by Crippen LogP contribution is -2.29. The Morgan fingerprint density at radius 3 is 2.90 bits per heavy atom. The Morgan fingerprint density at radius 1 is 1.90 bits per heavy atom. The monoisotopic (exact) mass is 142 g/mol. The van der Waals surface area contributed by atoms with E-state index >= 15 is 0 Å². The van der Waals surface area contributed by atoms with Crippen molar-refractivity contribution in [3.8, 4) is 6.07 Å². The van der Waals surface area contributed by atoms with Crippen LogP contribution >= 0.6 is 0 Å². The van der Waals surface area contributed by atoms with Crippen molar-refractivity contribution in [2.24, 2.45) is 0 Å². The Hall–Kier alpha value is -1.08. The summed E-state index contributed by atoms with van der Waals surface area (Å²) in [5, 5.41) is 19.3. The maximum Gasteiger partial charge on any atom is 0.216 e. The minimum atomic E-state index is -0.742. The molecule has 2 N–H and O–H groups in total. The zero-order chi connectivity index (χ0) is 7.98. The molecule has 0 aliphatic carbocycles. The van der Waals surface area contributed by atoms with Crippen LogP contribution in [-0.2, 0) is 4.79 Å². The molecule has 0 aliphatic rings. The molecular formula is C6H10N2O2. The maximum atomic E-state index is 10.2. The van der Waals surface area contributed by atoms with Gasteiger partial charge in [0.15, 0.2) is 0 Å². The van der Waals surface area contributed by atoms with Gasteiger partial charge in [0, 0.05) is 13.5 Å². The zero-order valence-electron chi connectivity index (χ0n) is 5.79. The summed E-state index contributed by atoms with van der Waals surface area (Å²) in [6.45, 7) is 1.52. The van der Waals surface area contributed by atoms with Crippen LogP contribution in [0.25, 0.3) is 0 Å². The minimum Gasteiger partial charge on any atom is -0.390 e. The van der Waals surface area contributed by atoms with E-state index in [-0.39, 0.29) is 18.9 Å². The third-order valence-corrected chi connectivity index (χ3v) is 0.914. The van der Waals surface area contributed by atoms with Gasteiger partial charge in [-0.3, -0.25) is 4.79 Å². The van der Waals surface area contributed by atoms with E-state index < -0.39 is 6.10 Å². The van der Waals surface area contributed by atoms with Crippen molar-refractivity contribution < 1.29 is 9.90 Å². The molecule has 0 radical (unpaired) electrons. The fraction of sp³-hybridized carbons (Fsp3) is 0.667. The highest BCUT2D eigenvalue weighted by atomic mass is 16.3.